The monoisotopic (exact) mass is 200 g/mol. The number of carbonyl (C=O) groups is 1. The van der Waals surface area contributed by atoms with E-state index in [0.717, 1.165) is 19.4 Å². The zero-order valence-corrected chi connectivity index (χ0v) is 8.99. The van der Waals surface area contributed by atoms with Crippen LogP contribution in [0.1, 0.15) is 26.7 Å². The molecule has 4 heteroatoms. The maximum atomic E-state index is 11.6. The first kappa shape index (κ1) is 11.3. The minimum Gasteiger partial charge on any atom is -0.396 e. The zero-order chi connectivity index (χ0) is 10.6. The van der Waals surface area contributed by atoms with E-state index < -0.39 is 0 Å². The Morgan fingerprint density at radius 2 is 2.36 bits per heavy atom. The molecule has 1 rings (SSSR count). The summed E-state index contributed by atoms with van der Waals surface area (Å²) in [6.07, 6.45) is 2.03. The average molecular weight is 200 g/mol. The van der Waals surface area contributed by atoms with Crippen molar-refractivity contribution in [1.82, 2.24) is 10.2 Å². The van der Waals surface area contributed by atoms with E-state index in [1.807, 2.05) is 13.8 Å². The van der Waals surface area contributed by atoms with E-state index in [0.29, 0.717) is 6.54 Å². The van der Waals surface area contributed by atoms with E-state index >= 15 is 0 Å². The van der Waals surface area contributed by atoms with Crippen molar-refractivity contribution < 1.29 is 9.90 Å². The van der Waals surface area contributed by atoms with Gasteiger partial charge in [-0.3, -0.25) is 0 Å². The number of likely N-dealkylation sites (tertiary alicyclic amines) is 1. The van der Waals surface area contributed by atoms with Crippen LogP contribution in [-0.2, 0) is 0 Å². The van der Waals surface area contributed by atoms with Crippen LogP contribution in [0.5, 0.6) is 0 Å². The molecule has 2 amide bonds. The second-order valence-electron chi connectivity index (χ2n) is 4.24. The zero-order valence-electron chi connectivity index (χ0n) is 8.99. The Hall–Kier alpha value is -0.770. The highest BCUT2D eigenvalue weighted by atomic mass is 16.3. The van der Waals surface area contributed by atoms with Crippen molar-refractivity contribution in [2.45, 2.75) is 32.7 Å². The lowest BCUT2D eigenvalue weighted by molar-refractivity contribution is 0.128. The smallest absolute Gasteiger partial charge is 0.317 e. The molecule has 0 radical (unpaired) electrons. The molecular weight excluding hydrogens is 180 g/mol. The first-order valence-corrected chi connectivity index (χ1v) is 5.29. The van der Waals surface area contributed by atoms with Gasteiger partial charge in [0.05, 0.1) is 0 Å². The number of hydrogen-bond acceptors (Lipinski definition) is 2. The topological polar surface area (TPSA) is 52.6 Å². The van der Waals surface area contributed by atoms with E-state index in [9.17, 15) is 4.79 Å². The van der Waals surface area contributed by atoms with Gasteiger partial charge in [0, 0.05) is 25.7 Å². The molecule has 0 spiro atoms. The van der Waals surface area contributed by atoms with Crippen molar-refractivity contribution >= 4 is 6.03 Å². The molecule has 14 heavy (non-hydrogen) atoms. The van der Waals surface area contributed by atoms with Gasteiger partial charge in [-0.15, -0.1) is 0 Å². The standard InChI is InChI=1S/C10H20N2O2/c1-8(2)11-10(14)12-5-3-4-9(6-12)7-13/h8-9,13H,3-7H2,1-2H3,(H,11,14). The molecule has 0 saturated carbocycles. The summed E-state index contributed by atoms with van der Waals surface area (Å²) in [6, 6.07) is 0.176. The molecule has 1 fully saturated rings. The van der Waals surface area contributed by atoms with Crippen molar-refractivity contribution in [3.8, 4) is 0 Å². The fourth-order valence-electron chi connectivity index (χ4n) is 1.74. The SMILES string of the molecule is CC(C)NC(=O)N1CCCC(CO)C1. The highest BCUT2D eigenvalue weighted by molar-refractivity contribution is 5.74. The Morgan fingerprint density at radius 3 is 2.93 bits per heavy atom. The first-order chi connectivity index (χ1) is 6.63. The molecule has 1 aliphatic rings. The van der Waals surface area contributed by atoms with Crippen LogP contribution >= 0.6 is 0 Å². The number of aliphatic hydroxyl groups excluding tert-OH is 1. The summed E-state index contributed by atoms with van der Waals surface area (Å²) in [5.74, 6) is 0.265. The molecule has 2 N–H and O–H groups in total. The van der Waals surface area contributed by atoms with Gasteiger partial charge in [0.1, 0.15) is 0 Å². The summed E-state index contributed by atoms with van der Waals surface area (Å²) in [5.41, 5.74) is 0. The van der Waals surface area contributed by atoms with Gasteiger partial charge in [-0.25, -0.2) is 4.79 Å². The van der Waals surface area contributed by atoms with Crippen molar-refractivity contribution in [3.05, 3.63) is 0 Å². The summed E-state index contributed by atoms with van der Waals surface area (Å²) >= 11 is 0. The number of nitrogens with zero attached hydrogens (tertiary/aromatic N) is 1. The number of urea groups is 1. The number of aliphatic hydroxyl groups is 1. The van der Waals surface area contributed by atoms with Crippen LogP contribution in [0.3, 0.4) is 0 Å². The lowest BCUT2D eigenvalue weighted by Crippen LogP contribution is -2.47. The predicted molar refractivity (Wildman–Crippen MR) is 55.1 cm³/mol. The van der Waals surface area contributed by atoms with Crippen LogP contribution in [-0.4, -0.2) is 41.8 Å². The minimum atomic E-state index is -0.00171. The third-order valence-corrected chi connectivity index (χ3v) is 2.48. The summed E-state index contributed by atoms with van der Waals surface area (Å²) in [4.78, 5) is 13.4. The predicted octanol–water partition coefficient (Wildman–Crippen LogP) is 0.809. The van der Waals surface area contributed by atoms with Gasteiger partial charge >= 0.3 is 6.03 Å². The summed E-state index contributed by atoms with van der Waals surface area (Å²) in [5, 5.41) is 11.9. The first-order valence-electron chi connectivity index (χ1n) is 5.29. The van der Waals surface area contributed by atoms with Crippen LogP contribution in [0, 0.1) is 5.92 Å². The number of piperidine rings is 1. The van der Waals surface area contributed by atoms with Crippen molar-refractivity contribution in [2.75, 3.05) is 19.7 Å². The van der Waals surface area contributed by atoms with E-state index in [1.165, 1.54) is 0 Å². The van der Waals surface area contributed by atoms with E-state index in [4.69, 9.17) is 5.11 Å². The van der Waals surface area contributed by atoms with Crippen LogP contribution in [0.25, 0.3) is 0 Å². The highest BCUT2D eigenvalue weighted by Crippen LogP contribution is 2.15. The fourth-order valence-corrected chi connectivity index (χ4v) is 1.74. The number of hydrogen-bond donors (Lipinski definition) is 2. The average Bonchev–Trinajstić information content (AvgIpc) is 2.17. The maximum absolute atomic E-state index is 11.6. The Bertz CT molecular complexity index is 195. The molecule has 82 valence electrons. The quantitative estimate of drug-likeness (QED) is 0.693. The van der Waals surface area contributed by atoms with Gasteiger partial charge in [-0.2, -0.15) is 0 Å². The summed E-state index contributed by atoms with van der Waals surface area (Å²) in [7, 11) is 0. The fraction of sp³-hybridized carbons (Fsp3) is 0.900. The molecule has 1 atom stereocenters. The van der Waals surface area contributed by atoms with E-state index in [-0.39, 0.29) is 24.6 Å². The van der Waals surface area contributed by atoms with E-state index in [2.05, 4.69) is 5.32 Å². The van der Waals surface area contributed by atoms with Gasteiger partial charge in [-0.1, -0.05) is 0 Å². The van der Waals surface area contributed by atoms with Crippen molar-refractivity contribution in [1.29, 1.82) is 0 Å². The third kappa shape index (κ3) is 3.18. The largest absolute Gasteiger partial charge is 0.396 e. The van der Waals surface area contributed by atoms with E-state index in [1.54, 1.807) is 4.90 Å². The Labute approximate surface area is 85.3 Å². The molecule has 0 aromatic rings. The third-order valence-electron chi connectivity index (χ3n) is 2.48. The Kier molecular flexibility index (Phi) is 4.20. The van der Waals surface area contributed by atoms with Crippen LogP contribution in [0.15, 0.2) is 0 Å². The number of carbonyl (C=O) groups excluding carboxylic acids is 1. The van der Waals surface area contributed by atoms with Gasteiger partial charge in [0.15, 0.2) is 0 Å². The van der Waals surface area contributed by atoms with Gasteiger partial charge < -0.3 is 15.3 Å². The van der Waals surface area contributed by atoms with Crippen LogP contribution < -0.4 is 5.32 Å². The maximum Gasteiger partial charge on any atom is 0.317 e. The van der Waals surface area contributed by atoms with Crippen molar-refractivity contribution in [2.24, 2.45) is 5.92 Å². The molecule has 0 aromatic carbocycles. The molecule has 1 aliphatic heterocycles. The summed E-state index contributed by atoms with van der Waals surface area (Å²) in [6.45, 7) is 5.59. The Morgan fingerprint density at radius 1 is 1.64 bits per heavy atom. The van der Waals surface area contributed by atoms with Gasteiger partial charge in [0.25, 0.3) is 0 Å². The molecule has 0 bridgehead atoms. The van der Waals surface area contributed by atoms with Crippen LogP contribution in [0.4, 0.5) is 4.79 Å². The van der Waals surface area contributed by atoms with Crippen LogP contribution in [0.2, 0.25) is 0 Å². The lowest BCUT2D eigenvalue weighted by Gasteiger charge is -2.32. The second kappa shape index (κ2) is 5.20. The molecule has 1 saturated heterocycles. The summed E-state index contributed by atoms with van der Waals surface area (Å²) < 4.78 is 0. The van der Waals surface area contributed by atoms with Gasteiger partial charge in [0.2, 0.25) is 0 Å². The second-order valence-corrected chi connectivity index (χ2v) is 4.24. The number of amides is 2. The van der Waals surface area contributed by atoms with Crippen molar-refractivity contribution in [3.63, 3.8) is 0 Å². The Balaban J connectivity index is 2.39. The minimum absolute atomic E-state index is 0.00171. The normalized spacial score (nSPS) is 22.6. The van der Waals surface area contributed by atoms with Gasteiger partial charge in [-0.05, 0) is 32.6 Å². The molecule has 4 nitrogen and oxygen atoms in total. The molecular formula is C10H20N2O2. The number of nitrogens with one attached hydrogen (secondary N) is 1. The molecule has 0 aliphatic carbocycles. The highest BCUT2D eigenvalue weighted by Gasteiger charge is 2.22. The number of rotatable bonds is 2. The molecule has 1 heterocycles. The molecule has 0 aromatic heterocycles. The molecule has 1 unspecified atom stereocenters. The lowest BCUT2D eigenvalue weighted by atomic mass is 9.99.